The number of ether oxygens (including phenoxy) is 1. The molecule has 1 atom stereocenters. The van der Waals surface area contributed by atoms with Gasteiger partial charge in [0, 0.05) is 17.8 Å². The molecule has 1 amide bonds. The predicted molar refractivity (Wildman–Crippen MR) is 124 cm³/mol. The molecule has 3 aromatic heterocycles. The highest BCUT2D eigenvalue weighted by Gasteiger charge is 2.34. The Morgan fingerprint density at radius 1 is 1.19 bits per heavy atom. The Balaban J connectivity index is 1.88. The van der Waals surface area contributed by atoms with Crippen LogP contribution >= 0.6 is 0 Å². The van der Waals surface area contributed by atoms with Crippen molar-refractivity contribution >= 4 is 17.4 Å². The molecule has 1 aromatic carbocycles. The van der Waals surface area contributed by atoms with Gasteiger partial charge < -0.3 is 20.3 Å². The number of imidazole rings is 1. The van der Waals surface area contributed by atoms with Gasteiger partial charge in [0.05, 0.1) is 23.6 Å². The van der Waals surface area contributed by atoms with Gasteiger partial charge in [-0.05, 0) is 37.6 Å². The number of aryl methyl sites for hydroxylation is 2. The van der Waals surface area contributed by atoms with E-state index in [0.717, 1.165) is 16.1 Å². The molecule has 188 valence electrons. The van der Waals surface area contributed by atoms with E-state index in [9.17, 15) is 23.1 Å². The van der Waals surface area contributed by atoms with Crippen molar-refractivity contribution in [3.63, 3.8) is 0 Å². The molecule has 36 heavy (non-hydrogen) atoms. The summed E-state index contributed by atoms with van der Waals surface area (Å²) in [6, 6.07) is 9.53. The van der Waals surface area contributed by atoms with Crippen LogP contribution in [0.1, 0.15) is 27.3 Å². The van der Waals surface area contributed by atoms with Gasteiger partial charge in [-0.1, -0.05) is 18.2 Å². The molecule has 9 nitrogen and oxygen atoms in total. The van der Waals surface area contributed by atoms with E-state index in [0.29, 0.717) is 0 Å². The topological polar surface area (TPSA) is 122 Å². The quantitative estimate of drug-likeness (QED) is 0.355. The molecule has 4 rings (SSSR count). The minimum Gasteiger partial charge on any atom is -0.487 e. The minimum atomic E-state index is -4.66. The SMILES string of the molecule is Cc1ccnc(NC(=O)c2c(C)nc3c(OC[C@H](O)CO)cc(-c4ccccc4C(F)(F)F)nn23)c1. The summed E-state index contributed by atoms with van der Waals surface area (Å²) in [6.45, 7) is 2.42. The molecule has 3 N–H and O–H groups in total. The van der Waals surface area contributed by atoms with Gasteiger partial charge in [-0.3, -0.25) is 4.79 Å². The zero-order valence-corrected chi connectivity index (χ0v) is 19.2. The van der Waals surface area contributed by atoms with Gasteiger partial charge in [0.1, 0.15) is 18.5 Å². The molecule has 0 unspecified atom stereocenters. The molecule has 3 heterocycles. The minimum absolute atomic E-state index is 0.0275. The first-order valence-corrected chi connectivity index (χ1v) is 10.8. The van der Waals surface area contributed by atoms with Crippen molar-refractivity contribution in [2.45, 2.75) is 26.1 Å². The first-order valence-electron chi connectivity index (χ1n) is 10.8. The third-order valence-electron chi connectivity index (χ3n) is 5.25. The highest BCUT2D eigenvalue weighted by atomic mass is 19.4. The highest BCUT2D eigenvalue weighted by molar-refractivity contribution is 6.04. The first-order chi connectivity index (χ1) is 17.1. The van der Waals surface area contributed by atoms with Gasteiger partial charge in [-0.25, -0.2) is 14.5 Å². The van der Waals surface area contributed by atoms with Crippen molar-refractivity contribution in [2.24, 2.45) is 0 Å². The zero-order valence-electron chi connectivity index (χ0n) is 19.2. The van der Waals surface area contributed by atoms with Crippen molar-refractivity contribution < 1.29 is 32.9 Å². The monoisotopic (exact) mass is 501 g/mol. The van der Waals surface area contributed by atoms with Crippen LogP contribution in [0.5, 0.6) is 5.75 Å². The number of benzene rings is 1. The number of fused-ring (bicyclic) bond motifs is 1. The van der Waals surface area contributed by atoms with Crippen LogP contribution in [-0.2, 0) is 6.18 Å². The molecule has 0 aliphatic carbocycles. The molecular formula is C24H22F3N5O4. The Kier molecular flexibility index (Phi) is 6.91. The van der Waals surface area contributed by atoms with E-state index in [1.807, 2.05) is 6.92 Å². The molecule has 4 aromatic rings. The maximum atomic E-state index is 13.7. The molecule has 0 radical (unpaired) electrons. The number of hydrogen-bond donors (Lipinski definition) is 3. The van der Waals surface area contributed by atoms with E-state index in [-0.39, 0.29) is 46.5 Å². The van der Waals surface area contributed by atoms with Gasteiger partial charge in [-0.2, -0.15) is 18.3 Å². The molecule has 0 saturated heterocycles. The van der Waals surface area contributed by atoms with Crippen molar-refractivity contribution in [3.8, 4) is 17.0 Å². The zero-order chi connectivity index (χ0) is 26.0. The Hall–Kier alpha value is -4.03. The largest absolute Gasteiger partial charge is 0.487 e. The van der Waals surface area contributed by atoms with Crippen LogP contribution in [0.4, 0.5) is 19.0 Å². The lowest BCUT2D eigenvalue weighted by molar-refractivity contribution is -0.137. The van der Waals surface area contributed by atoms with Gasteiger partial charge in [-0.15, -0.1) is 0 Å². The van der Waals surface area contributed by atoms with Gasteiger partial charge in [0.15, 0.2) is 17.1 Å². The summed E-state index contributed by atoms with van der Waals surface area (Å²) >= 11 is 0. The molecule has 0 fully saturated rings. The smallest absolute Gasteiger partial charge is 0.417 e. The molecule has 0 saturated carbocycles. The van der Waals surface area contributed by atoms with E-state index in [1.54, 1.807) is 19.1 Å². The lowest BCUT2D eigenvalue weighted by Gasteiger charge is -2.15. The molecule has 0 spiro atoms. The number of pyridine rings is 1. The maximum absolute atomic E-state index is 13.7. The average Bonchev–Trinajstić information content (AvgIpc) is 3.17. The lowest BCUT2D eigenvalue weighted by atomic mass is 10.0. The number of amides is 1. The number of anilines is 1. The summed E-state index contributed by atoms with van der Waals surface area (Å²) in [4.78, 5) is 21.6. The van der Waals surface area contributed by atoms with Crippen LogP contribution in [0.25, 0.3) is 16.9 Å². The van der Waals surface area contributed by atoms with Gasteiger partial charge in [0.25, 0.3) is 5.91 Å². The highest BCUT2D eigenvalue weighted by Crippen LogP contribution is 2.37. The van der Waals surface area contributed by atoms with E-state index >= 15 is 0 Å². The third-order valence-corrected chi connectivity index (χ3v) is 5.25. The Morgan fingerprint density at radius 3 is 2.64 bits per heavy atom. The number of alkyl halides is 3. The van der Waals surface area contributed by atoms with E-state index in [4.69, 9.17) is 9.84 Å². The molecule has 12 heteroatoms. The Morgan fingerprint density at radius 2 is 1.94 bits per heavy atom. The van der Waals surface area contributed by atoms with Crippen molar-refractivity contribution in [2.75, 3.05) is 18.5 Å². The average molecular weight is 501 g/mol. The number of nitrogens with one attached hydrogen (secondary N) is 1. The fourth-order valence-corrected chi connectivity index (χ4v) is 3.57. The van der Waals surface area contributed by atoms with Crippen LogP contribution in [0, 0.1) is 13.8 Å². The molecule has 0 aliphatic heterocycles. The number of nitrogens with zero attached hydrogens (tertiary/aromatic N) is 4. The molecule has 0 bridgehead atoms. The number of hydrogen-bond acceptors (Lipinski definition) is 7. The maximum Gasteiger partial charge on any atom is 0.417 e. The summed E-state index contributed by atoms with van der Waals surface area (Å²) in [6.07, 6.45) is -4.38. The van der Waals surface area contributed by atoms with Crippen molar-refractivity contribution in [3.05, 3.63) is 71.2 Å². The van der Waals surface area contributed by atoms with Gasteiger partial charge in [0.2, 0.25) is 0 Å². The van der Waals surface area contributed by atoms with Crippen LogP contribution in [0.2, 0.25) is 0 Å². The van der Waals surface area contributed by atoms with E-state index < -0.39 is 30.4 Å². The second kappa shape index (κ2) is 9.91. The Labute approximate surface area is 203 Å². The number of aliphatic hydroxyl groups is 2. The standard InChI is InChI=1S/C24H22F3N5O4/c1-13-7-8-28-20(9-13)30-23(35)21-14(2)29-22-19(36-12-15(34)11-33)10-18(31-32(21)22)16-5-3-4-6-17(16)24(25,26)27/h3-10,15,33-34H,11-12H2,1-2H3,(H,28,30,35)/t15-/m1/s1. The fraction of sp³-hybridized carbons (Fsp3) is 0.250. The third kappa shape index (κ3) is 5.14. The number of aromatic nitrogens is 4. The van der Waals surface area contributed by atoms with Crippen LogP contribution in [0.15, 0.2) is 48.7 Å². The number of carbonyl (C=O) groups is 1. The number of carbonyl (C=O) groups excluding carboxylic acids is 1. The van der Waals surface area contributed by atoms with Crippen LogP contribution in [0.3, 0.4) is 0 Å². The van der Waals surface area contributed by atoms with Crippen molar-refractivity contribution in [1.82, 2.24) is 19.6 Å². The normalized spacial score (nSPS) is 12.5. The van der Waals surface area contributed by atoms with Crippen molar-refractivity contribution in [1.29, 1.82) is 0 Å². The summed E-state index contributed by atoms with van der Waals surface area (Å²) in [5, 5.41) is 25.8. The second-order valence-corrected chi connectivity index (χ2v) is 8.04. The first kappa shape index (κ1) is 25.1. The molecule has 0 aliphatic rings. The van der Waals surface area contributed by atoms with E-state index in [1.165, 1.54) is 30.5 Å². The summed E-state index contributed by atoms with van der Waals surface area (Å²) < 4.78 is 47.9. The predicted octanol–water partition coefficient (Wildman–Crippen LogP) is 3.41. The van der Waals surface area contributed by atoms with Crippen LogP contribution in [-0.4, -0.2) is 55.0 Å². The number of halogens is 3. The van der Waals surface area contributed by atoms with E-state index in [2.05, 4.69) is 20.4 Å². The lowest BCUT2D eigenvalue weighted by Crippen LogP contribution is -2.22. The number of aliphatic hydroxyl groups excluding tert-OH is 2. The summed E-state index contributed by atoms with van der Waals surface area (Å²) in [7, 11) is 0. The van der Waals surface area contributed by atoms with Crippen LogP contribution < -0.4 is 10.1 Å². The summed E-state index contributed by atoms with van der Waals surface area (Å²) in [5.41, 5.74) is -0.189. The summed E-state index contributed by atoms with van der Waals surface area (Å²) in [5.74, 6) is -0.385. The number of rotatable bonds is 7. The second-order valence-electron chi connectivity index (χ2n) is 8.04. The molecular weight excluding hydrogens is 479 g/mol. The van der Waals surface area contributed by atoms with Gasteiger partial charge >= 0.3 is 6.18 Å². The Bertz CT molecular complexity index is 1420. The fourth-order valence-electron chi connectivity index (χ4n) is 3.57.